The molecule has 0 saturated carbocycles. The van der Waals surface area contributed by atoms with Crippen molar-refractivity contribution in [1.82, 2.24) is 0 Å². The number of Topliss-reactive ketones (excluding diaryl/α,β-unsaturated/α-hetero) is 1. The summed E-state index contributed by atoms with van der Waals surface area (Å²) in [5.41, 5.74) is 3.52. The largest absolute Gasteiger partial charge is 0.318 e. The van der Waals surface area contributed by atoms with Gasteiger partial charge >= 0.3 is 0 Å². The molecule has 0 amide bonds. The number of benzene rings is 1. The number of ketones is 1. The second kappa shape index (κ2) is 4.86. The molecule has 2 nitrogen and oxygen atoms in total. The van der Waals surface area contributed by atoms with Crippen molar-refractivity contribution in [1.29, 1.82) is 0 Å². The number of hydrogen-bond donors (Lipinski definition) is 1. The highest BCUT2D eigenvalue weighted by atomic mass is 19.2. The Hall–Kier alpha value is -1.95. The van der Waals surface area contributed by atoms with Crippen molar-refractivity contribution in [2.24, 2.45) is 5.73 Å². The first-order valence-electron chi connectivity index (χ1n) is 5.79. The summed E-state index contributed by atoms with van der Waals surface area (Å²) in [5, 5.41) is 0. The maximum absolute atomic E-state index is 13.7. The molecule has 6 heteroatoms. The third-order valence-electron chi connectivity index (χ3n) is 3.20. The summed E-state index contributed by atoms with van der Waals surface area (Å²) in [6, 6.07) is 0.126. The monoisotopic (exact) mass is 285 g/mol. The van der Waals surface area contributed by atoms with Crippen LogP contribution in [-0.2, 0) is 10.3 Å². The van der Waals surface area contributed by atoms with Gasteiger partial charge in [0.1, 0.15) is 0 Å². The van der Waals surface area contributed by atoms with E-state index in [0.717, 1.165) is 0 Å². The molecule has 106 valence electrons. The van der Waals surface area contributed by atoms with Crippen LogP contribution in [0.2, 0.25) is 0 Å². The molecule has 1 unspecified atom stereocenters. The lowest BCUT2D eigenvalue weighted by molar-refractivity contribution is -0.113. The van der Waals surface area contributed by atoms with E-state index < -0.39 is 34.4 Å². The smallest absolute Gasteiger partial charge is 0.167 e. The van der Waals surface area contributed by atoms with Crippen LogP contribution in [0.1, 0.15) is 18.9 Å². The van der Waals surface area contributed by atoms with Crippen molar-refractivity contribution in [2.75, 3.05) is 0 Å². The Labute approximate surface area is 112 Å². The maximum Gasteiger partial charge on any atom is 0.167 e. The van der Waals surface area contributed by atoms with E-state index in [2.05, 4.69) is 0 Å². The van der Waals surface area contributed by atoms with Gasteiger partial charge in [0.05, 0.1) is 11.1 Å². The van der Waals surface area contributed by atoms with Gasteiger partial charge in [-0.25, -0.2) is 17.6 Å². The number of carbonyl (C=O) groups excluding carboxylic acids is 1. The summed E-state index contributed by atoms with van der Waals surface area (Å²) in [7, 11) is 0. The second-order valence-electron chi connectivity index (χ2n) is 4.64. The number of allylic oxidation sites excluding steroid dienone is 2. The van der Waals surface area contributed by atoms with Crippen LogP contribution in [0.3, 0.4) is 0 Å². The average molecular weight is 285 g/mol. The zero-order chi connectivity index (χ0) is 15.1. The summed E-state index contributed by atoms with van der Waals surface area (Å²) in [6.45, 7) is 1.32. The van der Waals surface area contributed by atoms with Crippen LogP contribution in [-0.4, -0.2) is 5.78 Å². The Bertz CT molecular complexity index is 625. The molecule has 0 bridgehead atoms. The Balaban J connectivity index is 2.54. The van der Waals surface area contributed by atoms with Crippen molar-refractivity contribution in [3.8, 4) is 0 Å². The topological polar surface area (TPSA) is 43.1 Å². The predicted octanol–water partition coefficient (Wildman–Crippen LogP) is 2.87. The molecule has 1 aliphatic rings. The van der Waals surface area contributed by atoms with Crippen LogP contribution in [0, 0.1) is 23.3 Å². The molecule has 1 aromatic carbocycles. The molecule has 1 atom stereocenters. The van der Waals surface area contributed by atoms with Crippen molar-refractivity contribution >= 4 is 5.78 Å². The van der Waals surface area contributed by atoms with Crippen LogP contribution in [0.15, 0.2) is 29.9 Å². The molecular weight excluding hydrogens is 274 g/mol. The molecule has 1 aliphatic carbocycles. The van der Waals surface area contributed by atoms with Crippen LogP contribution in [0.25, 0.3) is 0 Å². The van der Waals surface area contributed by atoms with Crippen molar-refractivity contribution in [3.63, 3.8) is 0 Å². The molecule has 1 aromatic rings. The number of rotatable bonds is 2. The van der Waals surface area contributed by atoms with Crippen molar-refractivity contribution < 1.29 is 22.4 Å². The average Bonchev–Trinajstić information content (AvgIpc) is 2.37. The van der Waals surface area contributed by atoms with Gasteiger partial charge in [0.25, 0.3) is 0 Å². The van der Waals surface area contributed by atoms with E-state index >= 15 is 0 Å². The second-order valence-corrected chi connectivity index (χ2v) is 4.64. The third-order valence-corrected chi connectivity index (χ3v) is 3.20. The maximum atomic E-state index is 13.7. The number of nitrogens with two attached hydrogens (primary N) is 1. The van der Waals surface area contributed by atoms with Gasteiger partial charge in [0.15, 0.2) is 29.1 Å². The summed E-state index contributed by atoms with van der Waals surface area (Å²) < 4.78 is 53.9. The lowest BCUT2D eigenvalue weighted by atomic mass is 9.82. The van der Waals surface area contributed by atoms with E-state index in [9.17, 15) is 22.4 Å². The van der Waals surface area contributed by atoms with Gasteiger partial charge in [0, 0.05) is 11.6 Å². The Morgan fingerprint density at radius 2 is 1.75 bits per heavy atom. The summed E-state index contributed by atoms with van der Waals surface area (Å²) in [6.07, 6.45) is 3.69. The minimum absolute atomic E-state index is 0.126. The lowest BCUT2D eigenvalue weighted by Gasteiger charge is -2.29. The van der Waals surface area contributed by atoms with Crippen LogP contribution < -0.4 is 5.73 Å². The highest BCUT2D eigenvalue weighted by molar-refractivity contribution is 5.96. The predicted molar refractivity (Wildman–Crippen MR) is 64.7 cm³/mol. The van der Waals surface area contributed by atoms with Gasteiger partial charge in [-0.3, -0.25) is 4.79 Å². The van der Waals surface area contributed by atoms with Gasteiger partial charge in [-0.05, 0) is 13.3 Å². The Morgan fingerprint density at radius 3 is 2.15 bits per heavy atom. The first-order valence-corrected chi connectivity index (χ1v) is 5.79. The zero-order valence-corrected chi connectivity index (χ0v) is 10.5. The highest BCUT2D eigenvalue weighted by Gasteiger charge is 2.35. The molecule has 0 radical (unpaired) electrons. The minimum atomic E-state index is -1.74. The minimum Gasteiger partial charge on any atom is -0.318 e. The molecule has 2 N–H and O–H groups in total. The number of hydrogen-bond acceptors (Lipinski definition) is 2. The van der Waals surface area contributed by atoms with Crippen LogP contribution in [0.5, 0.6) is 0 Å². The van der Waals surface area contributed by atoms with Gasteiger partial charge in [-0.2, -0.15) is 0 Å². The lowest BCUT2D eigenvalue weighted by Crippen LogP contribution is -2.38. The third kappa shape index (κ3) is 2.27. The summed E-state index contributed by atoms with van der Waals surface area (Å²) >= 11 is 0. The molecular formula is C14H11F4NO. The summed E-state index contributed by atoms with van der Waals surface area (Å²) in [5.74, 6) is -6.34. The quantitative estimate of drug-likeness (QED) is 0.670. The van der Waals surface area contributed by atoms with E-state index in [-0.39, 0.29) is 18.3 Å². The fraction of sp³-hybridized carbons (Fsp3) is 0.214. The first kappa shape index (κ1) is 14.5. The molecule has 2 rings (SSSR count). The van der Waals surface area contributed by atoms with E-state index in [1.54, 1.807) is 0 Å². The van der Waals surface area contributed by atoms with Gasteiger partial charge in [0.2, 0.25) is 0 Å². The molecule has 0 aliphatic heterocycles. The van der Waals surface area contributed by atoms with E-state index in [4.69, 9.17) is 5.73 Å². The molecule has 20 heavy (non-hydrogen) atoms. The number of carbonyl (C=O) groups is 1. The van der Waals surface area contributed by atoms with E-state index in [1.165, 1.54) is 25.2 Å². The molecule has 0 fully saturated rings. The molecule has 0 spiro atoms. The van der Waals surface area contributed by atoms with Crippen molar-refractivity contribution in [3.05, 3.63) is 58.7 Å². The number of halogens is 4. The Morgan fingerprint density at radius 1 is 1.20 bits per heavy atom. The molecule has 0 heterocycles. The van der Waals surface area contributed by atoms with Crippen molar-refractivity contribution in [2.45, 2.75) is 18.9 Å². The van der Waals surface area contributed by atoms with Crippen LogP contribution in [0.4, 0.5) is 17.6 Å². The van der Waals surface area contributed by atoms with Gasteiger partial charge in [-0.1, -0.05) is 18.2 Å². The zero-order valence-electron chi connectivity index (χ0n) is 10.5. The Kier molecular flexibility index (Phi) is 3.52. The molecule has 0 aromatic heterocycles. The molecule has 0 saturated heterocycles. The summed E-state index contributed by atoms with van der Waals surface area (Å²) in [4.78, 5) is 11.2. The van der Waals surface area contributed by atoms with E-state index in [1.807, 2.05) is 0 Å². The first-order chi connectivity index (χ1) is 9.26. The fourth-order valence-electron chi connectivity index (χ4n) is 2.08. The van der Waals surface area contributed by atoms with Crippen LogP contribution >= 0.6 is 0 Å². The standard InChI is InChI=1S/C14H11F4NO/c1-7(20)8-2-4-14(19,5-3-8)11-12(17)9(15)6-10(16)13(11)18/h2-4,6H,5,19H2,1H3. The normalized spacial score (nSPS) is 21.8. The highest BCUT2D eigenvalue weighted by Crippen LogP contribution is 2.34. The SMILES string of the molecule is CC(=O)C1=CCC(N)(c2c(F)c(F)cc(F)c2F)C=C1. The van der Waals surface area contributed by atoms with E-state index in [0.29, 0.717) is 5.57 Å². The fourth-order valence-corrected chi connectivity index (χ4v) is 2.08. The van der Waals surface area contributed by atoms with Gasteiger partial charge in [-0.15, -0.1) is 0 Å². The van der Waals surface area contributed by atoms with Gasteiger partial charge < -0.3 is 5.73 Å².